The highest BCUT2D eigenvalue weighted by atomic mass is 32.2. The van der Waals surface area contributed by atoms with E-state index in [9.17, 15) is 22.4 Å². The highest BCUT2D eigenvalue weighted by molar-refractivity contribution is 7.90. The minimum absolute atomic E-state index is 0.0856. The third-order valence-electron chi connectivity index (χ3n) is 5.50. The molecule has 0 heterocycles. The van der Waals surface area contributed by atoms with E-state index >= 15 is 0 Å². The highest BCUT2D eigenvalue weighted by Crippen LogP contribution is 2.24. The van der Waals surface area contributed by atoms with E-state index in [2.05, 4.69) is 5.32 Å². The molecular formula is C26H37FN4O4S. The summed E-state index contributed by atoms with van der Waals surface area (Å²) in [7, 11) is -1.61. The Bertz CT molecular complexity index is 1160. The third kappa shape index (κ3) is 7.51. The quantitative estimate of drug-likeness (QED) is 0.520. The third-order valence-corrected chi connectivity index (χ3v) is 7.30. The lowest BCUT2D eigenvalue weighted by molar-refractivity contribution is -0.141. The normalized spacial score (nSPS) is 12.8. The average Bonchev–Trinajstić information content (AvgIpc) is 2.77. The van der Waals surface area contributed by atoms with Crippen molar-refractivity contribution in [2.75, 3.05) is 24.9 Å². The van der Waals surface area contributed by atoms with E-state index in [1.54, 1.807) is 6.92 Å². The fourth-order valence-corrected chi connectivity index (χ4v) is 4.68. The van der Waals surface area contributed by atoms with Gasteiger partial charge in [-0.15, -0.1) is 0 Å². The topological polar surface area (TPSA) is 90.0 Å². The van der Waals surface area contributed by atoms with Crippen molar-refractivity contribution in [2.45, 2.75) is 59.2 Å². The van der Waals surface area contributed by atoms with Gasteiger partial charge in [-0.1, -0.05) is 48.9 Å². The number of halogens is 1. The van der Waals surface area contributed by atoms with Crippen LogP contribution in [-0.2, 0) is 26.3 Å². The summed E-state index contributed by atoms with van der Waals surface area (Å²) < 4.78 is 42.6. The van der Waals surface area contributed by atoms with Crippen molar-refractivity contribution < 1.29 is 22.4 Å². The Hall–Kier alpha value is -2.98. The Kier molecular flexibility index (Phi) is 9.62. The summed E-state index contributed by atoms with van der Waals surface area (Å²) in [5, 5.41) is 2.91. The molecule has 0 aliphatic heterocycles. The van der Waals surface area contributed by atoms with Gasteiger partial charge in [0.05, 0.1) is 5.69 Å². The second kappa shape index (κ2) is 11.8. The van der Waals surface area contributed by atoms with Gasteiger partial charge in [0.2, 0.25) is 11.8 Å². The van der Waals surface area contributed by atoms with Gasteiger partial charge in [0, 0.05) is 26.2 Å². The molecule has 0 aliphatic carbocycles. The number of hydrogen-bond acceptors (Lipinski definition) is 4. The zero-order valence-electron chi connectivity index (χ0n) is 22.1. The number of rotatable bonds is 10. The predicted octanol–water partition coefficient (Wildman–Crippen LogP) is 3.47. The van der Waals surface area contributed by atoms with Crippen LogP contribution in [0, 0.1) is 12.7 Å². The molecule has 2 aromatic carbocycles. The molecule has 0 radical (unpaired) electrons. The number of carbonyl (C=O) groups excluding carboxylic acids is 2. The van der Waals surface area contributed by atoms with Crippen LogP contribution in [0.3, 0.4) is 0 Å². The molecule has 0 aromatic heterocycles. The molecule has 0 saturated carbocycles. The van der Waals surface area contributed by atoms with Crippen molar-refractivity contribution in [1.82, 2.24) is 14.5 Å². The monoisotopic (exact) mass is 520 g/mol. The summed E-state index contributed by atoms with van der Waals surface area (Å²) in [6, 6.07) is 12.0. The fraction of sp³-hybridized carbons (Fsp3) is 0.462. The van der Waals surface area contributed by atoms with Crippen LogP contribution in [0.25, 0.3) is 0 Å². The first-order valence-corrected chi connectivity index (χ1v) is 13.2. The standard InChI is InChI=1S/C26H37FN4O4S/c1-8-22(25(33)28-26(3,4)5)30(17-20-15-13-19(2)14-16-20)24(32)18-31(36(34,35)29(6)7)23-12-10-9-11-21(23)27/h9-16,22H,8,17-18H2,1-7H3,(H,28,33). The molecule has 198 valence electrons. The number of nitrogens with zero attached hydrogens (tertiary/aromatic N) is 3. The summed E-state index contributed by atoms with van der Waals surface area (Å²) in [4.78, 5) is 28.3. The molecule has 2 rings (SSSR count). The zero-order valence-corrected chi connectivity index (χ0v) is 22.9. The maximum atomic E-state index is 14.7. The second-order valence-corrected chi connectivity index (χ2v) is 12.0. The molecule has 10 heteroatoms. The van der Waals surface area contributed by atoms with Gasteiger partial charge in [0.1, 0.15) is 18.4 Å². The van der Waals surface area contributed by atoms with Crippen LogP contribution in [0.15, 0.2) is 48.5 Å². The van der Waals surface area contributed by atoms with Crippen molar-refractivity contribution in [2.24, 2.45) is 0 Å². The number of amides is 2. The molecule has 0 aliphatic rings. The Morgan fingerprint density at radius 1 is 1.03 bits per heavy atom. The summed E-state index contributed by atoms with van der Waals surface area (Å²) in [5.74, 6) is -1.75. The van der Waals surface area contributed by atoms with Crippen molar-refractivity contribution in [3.63, 3.8) is 0 Å². The minimum Gasteiger partial charge on any atom is -0.350 e. The number of para-hydroxylation sites is 1. The molecule has 1 unspecified atom stereocenters. The molecule has 8 nitrogen and oxygen atoms in total. The van der Waals surface area contributed by atoms with Gasteiger partial charge in [0.15, 0.2) is 0 Å². The van der Waals surface area contributed by atoms with Crippen molar-refractivity contribution >= 4 is 27.7 Å². The second-order valence-electron chi connectivity index (χ2n) is 9.92. The van der Waals surface area contributed by atoms with Crippen LogP contribution >= 0.6 is 0 Å². The van der Waals surface area contributed by atoms with E-state index in [-0.39, 0.29) is 18.1 Å². The molecule has 0 bridgehead atoms. The molecule has 0 spiro atoms. The summed E-state index contributed by atoms with van der Waals surface area (Å²) in [6.07, 6.45) is 0.305. The van der Waals surface area contributed by atoms with E-state index in [0.717, 1.165) is 25.8 Å². The number of hydrogen-bond donors (Lipinski definition) is 1. The van der Waals surface area contributed by atoms with E-state index < -0.39 is 40.1 Å². The Morgan fingerprint density at radius 2 is 1.61 bits per heavy atom. The SMILES string of the molecule is CCC(C(=O)NC(C)(C)C)N(Cc1ccc(C)cc1)C(=O)CN(c1ccccc1F)S(=O)(=O)N(C)C. The molecule has 36 heavy (non-hydrogen) atoms. The first-order chi connectivity index (χ1) is 16.7. The van der Waals surface area contributed by atoms with Crippen molar-refractivity contribution in [1.29, 1.82) is 0 Å². The largest absolute Gasteiger partial charge is 0.350 e. The average molecular weight is 521 g/mol. The van der Waals surface area contributed by atoms with Gasteiger partial charge >= 0.3 is 10.2 Å². The fourth-order valence-electron chi connectivity index (χ4n) is 3.62. The first kappa shape index (κ1) is 29.3. The number of benzene rings is 2. The first-order valence-electron chi connectivity index (χ1n) is 11.8. The van der Waals surface area contributed by atoms with Crippen molar-refractivity contribution in [3.8, 4) is 0 Å². The van der Waals surface area contributed by atoms with Gasteiger partial charge in [-0.2, -0.15) is 12.7 Å². The van der Waals surface area contributed by atoms with Gasteiger partial charge in [-0.05, 0) is 51.8 Å². The van der Waals surface area contributed by atoms with Gasteiger partial charge in [-0.25, -0.2) is 8.70 Å². The Balaban J connectivity index is 2.53. The Labute approximate surface area is 214 Å². The number of anilines is 1. The summed E-state index contributed by atoms with van der Waals surface area (Å²) in [6.45, 7) is 8.66. The molecule has 0 fully saturated rings. The number of aryl methyl sites for hydroxylation is 1. The highest BCUT2D eigenvalue weighted by Gasteiger charge is 2.35. The molecule has 1 N–H and O–H groups in total. The van der Waals surface area contributed by atoms with E-state index in [4.69, 9.17) is 0 Å². The summed E-state index contributed by atoms with van der Waals surface area (Å²) >= 11 is 0. The van der Waals surface area contributed by atoms with Crippen LogP contribution in [0.2, 0.25) is 0 Å². The van der Waals surface area contributed by atoms with Crippen molar-refractivity contribution in [3.05, 3.63) is 65.5 Å². The molecular weight excluding hydrogens is 483 g/mol. The number of carbonyl (C=O) groups is 2. The van der Waals surface area contributed by atoms with Crippen LogP contribution in [0.5, 0.6) is 0 Å². The van der Waals surface area contributed by atoms with Crippen LogP contribution in [-0.4, -0.2) is 61.7 Å². The maximum Gasteiger partial charge on any atom is 0.304 e. The summed E-state index contributed by atoms with van der Waals surface area (Å²) in [5.41, 5.74) is 1.04. The smallest absolute Gasteiger partial charge is 0.304 e. The molecule has 2 amide bonds. The van der Waals surface area contributed by atoms with Gasteiger partial charge in [0.25, 0.3) is 0 Å². The Morgan fingerprint density at radius 3 is 2.11 bits per heavy atom. The van der Waals surface area contributed by atoms with E-state index in [1.165, 1.54) is 37.2 Å². The molecule has 2 aromatic rings. The molecule has 0 saturated heterocycles. The van der Waals surface area contributed by atoms with Crippen LogP contribution < -0.4 is 9.62 Å². The minimum atomic E-state index is -4.22. The maximum absolute atomic E-state index is 14.7. The lowest BCUT2D eigenvalue weighted by Crippen LogP contribution is -2.55. The van der Waals surface area contributed by atoms with Gasteiger partial charge < -0.3 is 10.2 Å². The lowest BCUT2D eigenvalue weighted by Gasteiger charge is -2.35. The van der Waals surface area contributed by atoms with Crippen LogP contribution in [0.1, 0.15) is 45.2 Å². The number of nitrogens with one attached hydrogen (secondary N) is 1. The zero-order chi connectivity index (χ0) is 27.3. The van der Waals surface area contributed by atoms with E-state index in [0.29, 0.717) is 6.42 Å². The van der Waals surface area contributed by atoms with Gasteiger partial charge in [-0.3, -0.25) is 9.59 Å². The van der Waals surface area contributed by atoms with E-state index in [1.807, 2.05) is 52.0 Å². The predicted molar refractivity (Wildman–Crippen MR) is 140 cm³/mol. The van der Waals surface area contributed by atoms with Crippen LogP contribution in [0.4, 0.5) is 10.1 Å². The lowest BCUT2D eigenvalue weighted by atomic mass is 10.1. The molecule has 1 atom stereocenters.